The molecular weight excluding hydrogens is 348 g/mol. The molecule has 0 aliphatic carbocycles. The molecule has 3 rings (SSSR count). The van der Waals surface area contributed by atoms with Gasteiger partial charge in [0.2, 0.25) is 5.91 Å². The fraction of sp³-hybridized carbons (Fsp3) is 0.235. The van der Waals surface area contributed by atoms with E-state index >= 15 is 0 Å². The summed E-state index contributed by atoms with van der Waals surface area (Å²) in [7, 11) is -3.70. The number of carbonyl (C=O) groups is 1. The highest BCUT2D eigenvalue weighted by Gasteiger charge is 2.32. The zero-order valence-corrected chi connectivity index (χ0v) is 14.8. The van der Waals surface area contributed by atoms with Crippen molar-refractivity contribution in [1.29, 1.82) is 0 Å². The lowest BCUT2D eigenvalue weighted by Crippen LogP contribution is -2.32. The number of anilines is 2. The number of rotatable bonds is 3. The Morgan fingerprint density at radius 3 is 2.46 bits per heavy atom. The van der Waals surface area contributed by atoms with Gasteiger partial charge < -0.3 is 5.32 Å². The average Bonchev–Trinajstić information content (AvgIpc) is 2.47. The Hall–Kier alpha value is -2.05. The summed E-state index contributed by atoms with van der Waals surface area (Å²) in [5, 5.41) is 3.29. The van der Waals surface area contributed by atoms with E-state index in [2.05, 4.69) is 10.0 Å². The van der Waals surface area contributed by atoms with E-state index in [9.17, 15) is 13.2 Å². The smallest absolute Gasteiger partial charge is 0.261 e. The maximum absolute atomic E-state index is 12.5. The molecule has 5 nitrogen and oxygen atoms in total. The van der Waals surface area contributed by atoms with Crippen LogP contribution in [0, 0.1) is 0 Å². The number of benzene rings is 2. The van der Waals surface area contributed by atoms with E-state index in [1.165, 1.54) is 24.3 Å². The third kappa shape index (κ3) is 3.25. The van der Waals surface area contributed by atoms with Gasteiger partial charge in [0.1, 0.15) is 0 Å². The predicted octanol–water partition coefficient (Wildman–Crippen LogP) is 3.76. The van der Waals surface area contributed by atoms with Crippen molar-refractivity contribution in [3.8, 4) is 0 Å². The molecule has 1 amide bonds. The largest absolute Gasteiger partial charge is 0.326 e. The highest BCUT2D eigenvalue weighted by molar-refractivity contribution is 7.92. The monoisotopic (exact) mass is 364 g/mol. The van der Waals surface area contributed by atoms with Crippen LogP contribution in [0.3, 0.4) is 0 Å². The lowest BCUT2D eigenvalue weighted by atomic mass is 9.78. The van der Waals surface area contributed by atoms with Gasteiger partial charge in [0.15, 0.2) is 0 Å². The molecule has 2 aromatic rings. The van der Waals surface area contributed by atoms with Crippen LogP contribution in [0.2, 0.25) is 5.02 Å². The minimum atomic E-state index is -3.70. The highest BCUT2D eigenvalue weighted by Crippen LogP contribution is 2.38. The first-order valence-electron chi connectivity index (χ1n) is 7.40. The van der Waals surface area contributed by atoms with Crippen molar-refractivity contribution in [1.82, 2.24) is 0 Å². The van der Waals surface area contributed by atoms with Crippen LogP contribution in [0.1, 0.15) is 25.8 Å². The van der Waals surface area contributed by atoms with E-state index in [1.54, 1.807) is 18.2 Å². The fourth-order valence-corrected chi connectivity index (χ4v) is 3.97. The van der Waals surface area contributed by atoms with Crippen LogP contribution in [0.15, 0.2) is 47.4 Å². The summed E-state index contributed by atoms with van der Waals surface area (Å²) in [4.78, 5) is 11.9. The normalized spacial score (nSPS) is 16.2. The first-order chi connectivity index (χ1) is 11.2. The summed E-state index contributed by atoms with van der Waals surface area (Å²) in [6.07, 6.45) is 0.355. The second kappa shape index (κ2) is 5.79. The highest BCUT2D eigenvalue weighted by atomic mass is 35.5. The number of amides is 1. The standard InChI is InChI=1S/C17H17ClN2O3S/c1-17(2)10-16(21)19-15-8-5-12(9-14(15)17)20-24(22,23)13-6-3-11(18)4-7-13/h3-9,20H,10H2,1-2H3,(H,19,21). The van der Waals surface area contributed by atoms with Crippen molar-refractivity contribution in [2.75, 3.05) is 10.0 Å². The number of hydrogen-bond donors (Lipinski definition) is 2. The van der Waals surface area contributed by atoms with E-state index in [0.29, 0.717) is 22.8 Å². The summed E-state index contributed by atoms with van der Waals surface area (Å²) in [5.41, 5.74) is 1.70. The van der Waals surface area contributed by atoms with Gasteiger partial charge in [0.05, 0.1) is 4.90 Å². The molecule has 0 fully saturated rings. The van der Waals surface area contributed by atoms with Crippen molar-refractivity contribution in [2.45, 2.75) is 30.6 Å². The molecule has 0 saturated carbocycles. The molecule has 1 aliphatic heterocycles. The fourth-order valence-electron chi connectivity index (χ4n) is 2.80. The van der Waals surface area contributed by atoms with E-state index in [0.717, 1.165) is 5.56 Å². The van der Waals surface area contributed by atoms with E-state index in [-0.39, 0.29) is 16.2 Å². The minimum absolute atomic E-state index is 0.0398. The second-order valence-corrected chi connectivity index (χ2v) is 8.55. The molecular formula is C17H17ClN2O3S. The average molecular weight is 365 g/mol. The Labute approximate surface area is 146 Å². The molecule has 126 valence electrons. The molecule has 0 saturated heterocycles. The van der Waals surface area contributed by atoms with Crippen LogP contribution < -0.4 is 10.0 Å². The summed E-state index contributed by atoms with van der Waals surface area (Å²) >= 11 is 5.79. The van der Waals surface area contributed by atoms with E-state index in [1.807, 2.05) is 13.8 Å². The SMILES string of the molecule is CC1(C)CC(=O)Nc2ccc(NS(=O)(=O)c3ccc(Cl)cc3)cc21. The summed E-state index contributed by atoms with van der Waals surface area (Å²) in [5.74, 6) is -0.0398. The third-order valence-corrected chi connectivity index (χ3v) is 5.65. The molecule has 24 heavy (non-hydrogen) atoms. The van der Waals surface area contributed by atoms with Crippen LogP contribution >= 0.6 is 11.6 Å². The molecule has 0 atom stereocenters. The number of nitrogens with one attached hydrogen (secondary N) is 2. The molecule has 0 unspecified atom stereocenters. The van der Waals surface area contributed by atoms with Gasteiger partial charge in [-0.25, -0.2) is 8.42 Å². The molecule has 7 heteroatoms. The topological polar surface area (TPSA) is 75.3 Å². The predicted molar refractivity (Wildman–Crippen MR) is 95.0 cm³/mol. The van der Waals surface area contributed by atoms with Crippen molar-refractivity contribution in [3.05, 3.63) is 53.1 Å². The van der Waals surface area contributed by atoms with Gasteiger partial charge in [0, 0.05) is 28.2 Å². The zero-order valence-electron chi connectivity index (χ0n) is 13.3. The Morgan fingerprint density at radius 1 is 1.12 bits per heavy atom. The molecule has 2 N–H and O–H groups in total. The molecule has 0 radical (unpaired) electrons. The first-order valence-corrected chi connectivity index (χ1v) is 9.26. The molecule has 1 aliphatic rings. The van der Waals surface area contributed by atoms with Crippen LogP contribution in [-0.4, -0.2) is 14.3 Å². The van der Waals surface area contributed by atoms with Crippen LogP contribution in [0.25, 0.3) is 0 Å². The zero-order chi connectivity index (χ0) is 17.5. The van der Waals surface area contributed by atoms with Crippen LogP contribution in [0.4, 0.5) is 11.4 Å². The van der Waals surface area contributed by atoms with E-state index < -0.39 is 10.0 Å². The minimum Gasteiger partial charge on any atom is -0.326 e. The number of fused-ring (bicyclic) bond motifs is 1. The van der Waals surface area contributed by atoms with Crippen LogP contribution in [-0.2, 0) is 20.2 Å². The molecule has 0 aromatic heterocycles. The van der Waals surface area contributed by atoms with Gasteiger partial charge in [-0.3, -0.25) is 9.52 Å². The van der Waals surface area contributed by atoms with E-state index in [4.69, 9.17) is 11.6 Å². The number of halogens is 1. The van der Waals surface area contributed by atoms with Crippen molar-refractivity contribution >= 4 is 38.9 Å². The van der Waals surface area contributed by atoms with Gasteiger partial charge in [-0.05, 0) is 48.0 Å². The Morgan fingerprint density at radius 2 is 1.79 bits per heavy atom. The number of hydrogen-bond acceptors (Lipinski definition) is 3. The number of sulfonamides is 1. The summed E-state index contributed by atoms with van der Waals surface area (Å²) in [6, 6.07) is 11.1. The number of carbonyl (C=O) groups excluding carboxylic acids is 1. The Bertz CT molecular complexity index is 906. The summed E-state index contributed by atoms with van der Waals surface area (Å²) < 4.78 is 27.5. The lowest BCUT2D eigenvalue weighted by molar-refractivity contribution is -0.117. The van der Waals surface area contributed by atoms with Crippen molar-refractivity contribution in [3.63, 3.8) is 0 Å². The Balaban J connectivity index is 1.94. The third-order valence-electron chi connectivity index (χ3n) is 4.00. The lowest BCUT2D eigenvalue weighted by Gasteiger charge is -2.32. The van der Waals surface area contributed by atoms with Gasteiger partial charge >= 0.3 is 0 Å². The van der Waals surface area contributed by atoms with Gasteiger partial charge in [-0.15, -0.1) is 0 Å². The second-order valence-electron chi connectivity index (χ2n) is 6.43. The van der Waals surface area contributed by atoms with Gasteiger partial charge in [-0.1, -0.05) is 25.4 Å². The first kappa shape index (κ1) is 16.8. The van der Waals surface area contributed by atoms with Crippen molar-refractivity contribution in [2.24, 2.45) is 0 Å². The molecule has 2 aromatic carbocycles. The quantitative estimate of drug-likeness (QED) is 0.870. The molecule has 0 bridgehead atoms. The van der Waals surface area contributed by atoms with Gasteiger partial charge in [0.25, 0.3) is 10.0 Å². The summed E-state index contributed by atoms with van der Waals surface area (Å²) in [6.45, 7) is 3.92. The maximum atomic E-state index is 12.5. The maximum Gasteiger partial charge on any atom is 0.261 e. The van der Waals surface area contributed by atoms with Crippen LogP contribution in [0.5, 0.6) is 0 Å². The Kier molecular flexibility index (Phi) is 4.05. The molecule has 1 heterocycles. The van der Waals surface area contributed by atoms with Crippen molar-refractivity contribution < 1.29 is 13.2 Å². The van der Waals surface area contributed by atoms with Gasteiger partial charge in [-0.2, -0.15) is 0 Å². The molecule has 0 spiro atoms.